The molecule has 7 nitrogen and oxygen atoms in total. The fourth-order valence-corrected chi connectivity index (χ4v) is 5.84. The Balaban J connectivity index is 1.56. The molecular weight excluding hydrogens is 562 g/mol. The lowest BCUT2D eigenvalue weighted by molar-refractivity contribution is -0.119. The zero-order chi connectivity index (χ0) is 28.3. The van der Waals surface area contributed by atoms with Gasteiger partial charge in [0, 0.05) is 22.0 Å². The Morgan fingerprint density at radius 3 is 2.33 bits per heavy atom. The maximum Gasteiger partial charge on any atom is 0.264 e. The van der Waals surface area contributed by atoms with Gasteiger partial charge in [-0.3, -0.25) is 9.10 Å². The van der Waals surface area contributed by atoms with E-state index in [1.165, 1.54) is 30.5 Å². The Kier molecular flexibility index (Phi) is 8.44. The average molecular weight is 588 g/mol. The maximum atomic E-state index is 13.5. The molecule has 1 amide bonds. The lowest BCUT2D eigenvalue weighted by atomic mass is 10.2. The summed E-state index contributed by atoms with van der Waals surface area (Å²) in [6.45, 7) is 5.03. The number of carbonyl (C=O) groups excluding carboxylic acids is 1. The van der Waals surface area contributed by atoms with Crippen LogP contribution in [-0.2, 0) is 14.8 Å². The van der Waals surface area contributed by atoms with Crippen LogP contribution in [0.4, 0.5) is 10.1 Å². The van der Waals surface area contributed by atoms with Gasteiger partial charge in [-0.15, -0.1) is 0 Å². The number of sulfonamides is 1. The van der Waals surface area contributed by atoms with Crippen molar-refractivity contribution in [1.29, 1.82) is 0 Å². The molecule has 202 valence electrons. The second-order valence-corrected chi connectivity index (χ2v) is 11.6. The molecule has 39 heavy (non-hydrogen) atoms. The highest BCUT2D eigenvalue weighted by molar-refractivity contribution is 7.92. The van der Waals surface area contributed by atoms with E-state index in [1.807, 2.05) is 31.4 Å². The molecule has 0 saturated heterocycles. The highest BCUT2D eigenvalue weighted by Crippen LogP contribution is 2.29. The van der Waals surface area contributed by atoms with Crippen molar-refractivity contribution in [1.82, 2.24) is 9.99 Å². The first-order valence-corrected chi connectivity index (χ1v) is 14.0. The van der Waals surface area contributed by atoms with E-state index in [0.29, 0.717) is 21.3 Å². The molecule has 0 unspecified atom stereocenters. The molecule has 0 aliphatic heterocycles. The molecule has 0 bridgehead atoms. The number of halogens is 3. The van der Waals surface area contributed by atoms with E-state index in [2.05, 4.69) is 10.5 Å². The fourth-order valence-electron chi connectivity index (χ4n) is 4.05. The quantitative estimate of drug-likeness (QED) is 0.197. The molecule has 1 aromatic heterocycles. The van der Waals surface area contributed by atoms with Gasteiger partial charge < -0.3 is 4.57 Å². The third-order valence-corrected chi connectivity index (χ3v) is 8.37. The first-order valence-electron chi connectivity index (χ1n) is 11.8. The SMILES string of the molecule is Cc1ccc(S(=O)(=O)N(CC(=O)N/N=C\c2cc(C)n(-c3cc(Cl)ccc3Cl)c2C)c2ccc(F)cc2)cc1. The summed E-state index contributed by atoms with van der Waals surface area (Å²) in [6.07, 6.45) is 1.46. The number of hydrazone groups is 1. The molecule has 0 fully saturated rings. The summed E-state index contributed by atoms with van der Waals surface area (Å²) in [5.74, 6) is -1.21. The number of aryl methyl sites for hydroxylation is 2. The molecule has 0 aliphatic carbocycles. The second kappa shape index (κ2) is 11.6. The van der Waals surface area contributed by atoms with Crippen LogP contribution in [0.5, 0.6) is 0 Å². The van der Waals surface area contributed by atoms with Crippen molar-refractivity contribution in [3.05, 3.63) is 111 Å². The largest absolute Gasteiger partial charge is 0.316 e. The van der Waals surface area contributed by atoms with Gasteiger partial charge in [0.1, 0.15) is 12.4 Å². The Morgan fingerprint density at radius 1 is 1.00 bits per heavy atom. The van der Waals surface area contributed by atoms with Gasteiger partial charge in [-0.05, 0) is 81.4 Å². The minimum absolute atomic E-state index is 0.000780. The molecule has 1 N–H and O–H groups in total. The molecule has 4 rings (SSSR count). The summed E-state index contributed by atoms with van der Waals surface area (Å²) in [5, 5.41) is 5.10. The van der Waals surface area contributed by atoms with Crippen LogP contribution < -0.4 is 9.73 Å². The van der Waals surface area contributed by atoms with Crippen LogP contribution in [0, 0.1) is 26.6 Å². The summed E-state index contributed by atoms with van der Waals surface area (Å²) in [4.78, 5) is 12.8. The van der Waals surface area contributed by atoms with E-state index < -0.39 is 28.3 Å². The van der Waals surface area contributed by atoms with Gasteiger partial charge >= 0.3 is 0 Å². The van der Waals surface area contributed by atoms with Gasteiger partial charge in [0.15, 0.2) is 0 Å². The van der Waals surface area contributed by atoms with Gasteiger partial charge in [-0.1, -0.05) is 40.9 Å². The zero-order valence-corrected chi connectivity index (χ0v) is 23.6. The van der Waals surface area contributed by atoms with Crippen LogP contribution in [0.2, 0.25) is 10.0 Å². The molecule has 11 heteroatoms. The van der Waals surface area contributed by atoms with Crippen LogP contribution in [0.3, 0.4) is 0 Å². The summed E-state index contributed by atoms with van der Waals surface area (Å²) >= 11 is 12.5. The zero-order valence-electron chi connectivity index (χ0n) is 21.3. The van der Waals surface area contributed by atoms with Crippen LogP contribution in [0.15, 0.2) is 82.8 Å². The molecule has 1 heterocycles. The summed E-state index contributed by atoms with van der Waals surface area (Å²) in [7, 11) is -4.13. The molecule has 3 aromatic carbocycles. The van der Waals surface area contributed by atoms with Crippen molar-refractivity contribution in [3.8, 4) is 5.69 Å². The lowest BCUT2D eigenvalue weighted by Gasteiger charge is -2.23. The van der Waals surface area contributed by atoms with Gasteiger partial charge in [0.2, 0.25) is 0 Å². The predicted molar refractivity (Wildman–Crippen MR) is 153 cm³/mol. The number of nitrogens with one attached hydrogen (secondary N) is 1. The Morgan fingerprint density at radius 2 is 1.67 bits per heavy atom. The van der Waals surface area contributed by atoms with Crippen molar-refractivity contribution in [3.63, 3.8) is 0 Å². The van der Waals surface area contributed by atoms with Gasteiger partial charge in [0.05, 0.1) is 27.5 Å². The number of hydrogen-bond acceptors (Lipinski definition) is 4. The fraction of sp³-hybridized carbons (Fsp3) is 0.143. The topological polar surface area (TPSA) is 83.8 Å². The number of hydrogen-bond donors (Lipinski definition) is 1. The van der Waals surface area contributed by atoms with E-state index in [1.54, 1.807) is 30.3 Å². The Labute approximate surface area is 236 Å². The van der Waals surface area contributed by atoms with Crippen molar-refractivity contribution in [2.45, 2.75) is 25.7 Å². The van der Waals surface area contributed by atoms with Crippen molar-refractivity contribution >= 4 is 51.0 Å². The second-order valence-electron chi connectivity index (χ2n) is 8.85. The first-order chi connectivity index (χ1) is 18.5. The number of aromatic nitrogens is 1. The number of anilines is 1. The van der Waals surface area contributed by atoms with Crippen molar-refractivity contribution in [2.75, 3.05) is 10.8 Å². The van der Waals surface area contributed by atoms with E-state index in [9.17, 15) is 17.6 Å². The molecule has 0 atom stereocenters. The lowest BCUT2D eigenvalue weighted by Crippen LogP contribution is -2.39. The monoisotopic (exact) mass is 586 g/mol. The van der Waals surface area contributed by atoms with E-state index in [-0.39, 0.29) is 10.6 Å². The van der Waals surface area contributed by atoms with Crippen LogP contribution in [-0.4, -0.2) is 31.7 Å². The number of nitrogens with zero attached hydrogens (tertiary/aromatic N) is 3. The third kappa shape index (κ3) is 6.33. The molecular formula is C28H25Cl2FN4O3S. The number of benzene rings is 3. The maximum absolute atomic E-state index is 13.5. The normalized spacial score (nSPS) is 11.6. The van der Waals surface area contributed by atoms with Gasteiger partial charge in [0.25, 0.3) is 15.9 Å². The Hall–Kier alpha value is -3.66. The minimum Gasteiger partial charge on any atom is -0.316 e. The summed E-state index contributed by atoms with van der Waals surface area (Å²) in [6, 6.07) is 18.1. The standard InChI is InChI=1S/C28H25Cl2FN4O3S/c1-18-4-11-25(12-5-18)39(37,38)34(24-9-7-23(31)8-10-24)17-28(36)33-32-16-21-14-19(2)35(20(21)3)27-15-22(29)6-13-26(27)30/h4-16H,17H2,1-3H3,(H,33,36)/b32-16-. The molecule has 4 aromatic rings. The van der Waals surface area contributed by atoms with Crippen molar-refractivity contribution < 1.29 is 17.6 Å². The van der Waals surface area contributed by atoms with E-state index in [4.69, 9.17) is 23.2 Å². The number of carbonyl (C=O) groups is 1. The van der Waals surface area contributed by atoms with Gasteiger partial charge in [-0.2, -0.15) is 5.10 Å². The van der Waals surface area contributed by atoms with Gasteiger partial charge in [-0.25, -0.2) is 18.2 Å². The number of amides is 1. The smallest absolute Gasteiger partial charge is 0.264 e. The van der Waals surface area contributed by atoms with Crippen molar-refractivity contribution in [2.24, 2.45) is 5.10 Å². The summed E-state index contributed by atoms with van der Waals surface area (Å²) < 4.78 is 43.2. The molecule has 0 saturated carbocycles. The first kappa shape index (κ1) is 28.4. The highest BCUT2D eigenvalue weighted by atomic mass is 35.5. The average Bonchev–Trinajstić information content (AvgIpc) is 3.17. The van der Waals surface area contributed by atoms with E-state index >= 15 is 0 Å². The minimum atomic E-state index is -4.13. The highest BCUT2D eigenvalue weighted by Gasteiger charge is 2.27. The Bertz CT molecular complexity index is 1650. The number of rotatable bonds is 8. The summed E-state index contributed by atoms with van der Waals surface area (Å²) in [5.41, 5.74) is 6.51. The molecule has 0 spiro atoms. The third-order valence-electron chi connectivity index (χ3n) is 6.02. The molecule has 0 aliphatic rings. The van der Waals surface area contributed by atoms with Crippen LogP contribution >= 0.6 is 23.2 Å². The van der Waals surface area contributed by atoms with E-state index in [0.717, 1.165) is 33.4 Å². The van der Waals surface area contributed by atoms with Crippen LogP contribution in [0.25, 0.3) is 5.69 Å². The molecule has 0 radical (unpaired) electrons. The predicted octanol–water partition coefficient (Wildman–Crippen LogP) is 6.19. The van der Waals surface area contributed by atoms with Crippen LogP contribution in [0.1, 0.15) is 22.5 Å².